The molecule has 0 bridgehead atoms. The average molecular weight is 295 g/mol. The molecule has 0 spiro atoms. The SMILES string of the molecule is Cc1ccc(-c2csc(-c3c(C)nc4ccccn34)n2)o1. The van der Waals surface area contributed by atoms with E-state index in [1.54, 1.807) is 11.3 Å². The number of aromatic nitrogens is 3. The van der Waals surface area contributed by atoms with E-state index >= 15 is 0 Å². The second-order valence-corrected chi connectivity index (χ2v) is 5.78. The van der Waals surface area contributed by atoms with Crippen LogP contribution in [-0.2, 0) is 0 Å². The fourth-order valence-electron chi connectivity index (χ4n) is 2.44. The lowest BCUT2D eigenvalue weighted by molar-refractivity contribution is 0.547. The number of hydrogen-bond acceptors (Lipinski definition) is 4. The molecular formula is C16H13N3OS. The van der Waals surface area contributed by atoms with Gasteiger partial charge in [-0.05, 0) is 38.1 Å². The van der Waals surface area contributed by atoms with Crippen LogP contribution in [0.25, 0.3) is 27.8 Å². The third-order valence-corrected chi connectivity index (χ3v) is 4.25. The highest BCUT2D eigenvalue weighted by Gasteiger charge is 2.15. The molecule has 0 atom stereocenters. The summed E-state index contributed by atoms with van der Waals surface area (Å²) >= 11 is 1.61. The van der Waals surface area contributed by atoms with Gasteiger partial charge in [0.2, 0.25) is 0 Å². The first-order valence-corrected chi connectivity index (χ1v) is 7.57. The van der Waals surface area contributed by atoms with E-state index in [4.69, 9.17) is 9.40 Å². The number of aryl methyl sites for hydroxylation is 2. The maximum atomic E-state index is 5.64. The fourth-order valence-corrected chi connectivity index (χ4v) is 3.34. The van der Waals surface area contributed by atoms with Crippen LogP contribution >= 0.6 is 11.3 Å². The normalized spacial score (nSPS) is 11.3. The van der Waals surface area contributed by atoms with Crippen LogP contribution in [0.3, 0.4) is 0 Å². The van der Waals surface area contributed by atoms with E-state index in [9.17, 15) is 0 Å². The van der Waals surface area contributed by atoms with Gasteiger partial charge in [0.25, 0.3) is 0 Å². The molecule has 104 valence electrons. The first kappa shape index (κ1) is 12.3. The molecule has 0 aliphatic carbocycles. The van der Waals surface area contributed by atoms with Gasteiger partial charge < -0.3 is 4.42 Å². The minimum absolute atomic E-state index is 0.807. The summed E-state index contributed by atoms with van der Waals surface area (Å²) in [4.78, 5) is 9.29. The quantitative estimate of drug-likeness (QED) is 0.552. The lowest BCUT2D eigenvalue weighted by Gasteiger charge is -1.98. The third-order valence-electron chi connectivity index (χ3n) is 3.40. The first-order valence-electron chi connectivity index (χ1n) is 6.69. The lowest BCUT2D eigenvalue weighted by atomic mass is 10.3. The minimum atomic E-state index is 0.807. The first-order chi connectivity index (χ1) is 10.2. The summed E-state index contributed by atoms with van der Waals surface area (Å²) in [6, 6.07) is 9.90. The summed E-state index contributed by atoms with van der Waals surface area (Å²) in [5, 5.41) is 2.98. The molecule has 0 unspecified atom stereocenters. The number of fused-ring (bicyclic) bond motifs is 1. The van der Waals surface area contributed by atoms with E-state index in [-0.39, 0.29) is 0 Å². The lowest BCUT2D eigenvalue weighted by Crippen LogP contribution is -1.88. The Morgan fingerprint density at radius 2 is 2.00 bits per heavy atom. The predicted molar refractivity (Wildman–Crippen MR) is 83.5 cm³/mol. The van der Waals surface area contributed by atoms with E-state index in [2.05, 4.69) is 9.38 Å². The summed E-state index contributed by atoms with van der Waals surface area (Å²) in [5.41, 5.74) is 3.84. The van der Waals surface area contributed by atoms with Crippen molar-refractivity contribution in [2.75, 3.05) is 0 Å². The van der Waals surface area contributed by atoms with Crippen molar-refractivity contribution in [2.45, 2.75) is 13.8 Å². The van der Waals surface area contributed by atoms with Gasteiger partial charge in [0, 0.05) is 11.6 Å². The number of furan rings is 1. The average Bonchev–Trinajstić information content (AvgIpc) is 3.15. The number of pyridine rings is 1. The van der Waals surface area contributed by atoms with Crippen molar-refractivity contribution in [1.29, 1.82) is 0 Å². The fraction of sp³-hybridized carbons (Fsp3) is 0.125. The molecule has 4 rings (SSSR count). The molecule has 0 aliphatic heterocycles. The van der Waals surface area contributed by atoms with Crippen LogP contribution in [0.2, 0.25) is 0 Å². The molecule has 0 saturated carbocycles. The Morgan fingerprint density at radius 1 is 1.10 bits per heavy atom. The van der Waals surface area contributed by atoms with E-state index in [1.807, 2.05) is 55.8 Å². The van der Waals surface area contributed by atoms with Crippen molar-refractivity contribution >= 4 is 17.0 Å². The smallest absolute Gasteiger partial charge is 0.153 e. The van der Waals surface area contributed by atoms with E-state index < -0.39 is 0 Å². The topological polar surface area (TPSA) is 43.3 Å². The largest absolute Gasteiger partial charge is 0.460 e. The second-order valence-electron chi connectivity index (χ2n) is 4.92. The molecule has 4 heterocycles. The molecular weight excluding hydrogens is 282 g/mol. The molecule has 0 radical (unpaired) electrons. The number of rotatable bonds is 2. The molecule has 0 fully saturated rings. The molecule has 0 aromatic carbocycles. The zero-order chi connectivity index (χ0) is 14.4. The molecule has 0 N–H and O–H groups in total. The van der Waals surface area contributed by atoms with E-state index in [0.29, 0.717) is 0 Å². The zero-order valence-corrected chi connectivity index (χ0v) is 12.5. The molecule has 0 amide bonds. The molecule has 0 aliphatic rings. The van der Waals surface area contributed by atoms with Gasteiger partial charge in [-0.3, -0.25) is 4.40 Å². The monoisotopic (exact) mass is 295 g/mol. The Balaban J connectivity index is 1.86. The molecule has 21 heavy (non-hydrogen) atoms. The van der Waals surface area contributed by atoms with Crippen LogP contribution in [-0.4, -0.2) is 14.4 Å². The van der Waals surface area contributed by atoms with Gasteiger partial charge in [-0.15, -0.1) is 11.3 Å². The third kappa shape index (κ3) is 1.97. The van der Waals surface area contributed by atoms with Gasteiger partial charge >= 0.3 is 0 Å². The van der Waals surface area contributed by atoms with Crippen LogP contribution < -0.4 is 0 Å². The summed E-state index contributed by atoms with van der Waals surface area (Å²) < 4.78 is 7.71. The van der Waals surface area contributed by atoms with Gasteiger partial charge in [0.15, 0.2) is 5.76 Å². The number of imidazole rings is 1. The van der Waals surface area contributed by atoms with Gasteiger partial charge in [-0.2, -0.15) is 0 Å². The highest BCUT2D eigenvalue weighted by atomic mass is 32.1. The van der Waals surface area contributed by atoms with Crippen LogP contribution in [0.15, 0.2) is 46.3 Å². The van der Waals surface area contributed by atoms with Gasteiger partial charge in [-0.1, -0.05) is 6.07 Å². The number of hydrogen-bond donors (Lipinski definition) is 0. The van der Waals surface area contributed by atoms with Crippen LogP contribution in [0.1, 0.15) is 11.5 Å². The Bertz CT molecular complexity index is 932. The summed E-state index contributed by atoms with van der Waals surface area (Å²) in [5.74, 6) is 1.70. The summed E-state index contributed by atoms with van der Waals surface area (Å²) in [6.45, 7) is 3.95. The van der Waals surface area contributed by atoms with Gasteiger partial charge in [-0.25, -0.2) is 9.97 Å². The Labute approximate surface area is 125 Å². The van der Waals surface area contributed by atoms with Crippen molar-refractivity contribution < 1.29 is 4.42 Å². The summed E-state index contributed by atoms with van der Waals surface area (Å²) in [7, 11) is 0. The Hall–Kier alpha value is -2.40. The predicted octanol–water partition coefficient (Wildman–Crippen LogP) is 4.33. The van der Waals surface area contributed by atoms with Gasteiger partial charge in [0.05, 0.1) is 5.69 Å². The zero-order valence-electron chi connectivity index (χ0n) is 11.7. The Kier molecular flexibility index (Phi) is 2.68. The van der Waals surface area contributed by atoms with Crippen LogP contribution in [0.5, 0.6) is 0 Å². The maximum Gasteiger partial charge on any atom is 0.153 e. The van der Waals surface area contributed by atoms with E-state index in [0.717, 1.165) is 39.3 Å². The van der Waals surface area contributed by atoms with Crippen molar-refractivity contribution in [2.24, 2.45) is 0 Å². The highest BCUT2D eigenvalue weighted by Crippen LogP contribution is 2.31. The van der Waals surface area contributed by atoms with Crippen molar-refractivity contribution in [3.63, 3.8) is 0 Å². The maximum absolute atomic E-state index is 5.64. The molecule has 4 nitrogen and oxygen atoms in total. The van der Waals surface area contributed by atoms with Crippen molar-refractivity contribution in [3.05, 3.63) is 53.4 Å². The van der Waals surface area contributed by atoms with Crippen molar-refractivity contribution in [3.8, 4) is 22.2 Å². The van der Waals surface area contributed by atoms with Gasteiger partial charge in [0.1, 0.15) is 27.8 Å². The number of nitrogens with zero attached hydrogens (tertiary/aromatic N) is 3. The number of thiazole rings is 1. The second kappa shape index (κ2) is 4.56. The Morgan fingerprint density at radius 3 is 2.81 bits per heavy atom. The van der Waals surface area contributed by atoms with Crippen molar-refractivity contribution in [1.82, 2.24) is 14.4 Å². The van der Waals surface area contributed by atoms with Crippen LogP contribution in [0.4, 0.5) is 0 Å². The molecule has 4 aromatic rings. The molecule has 4 aromatic heterocycles. The molecule has 5 heteroatoms. The van der Waals surface area contributed by atoms with E-state index in [1.165, 1.54) is 0 Å². The molecule has 0 saturated heterocycles. The standard InChI is InChI=1S/C16H13N3OS/c1-10-6-7-13(20-10)12-9-21-16(18-12)15-11(2)17-14-5-3-4-8-19(14)15/h3-9H,1-2H3. The highest BCUT2D eigenvalue weighted by molar-refractivity contribution is 7.13. The summed E-state index contributed by atoms with van der Waals surface area (Å²) in [6.07, 6.45) is 2.02. The van der Waals surface area contributed by atoms with Crippen LogP contribution in [0, 0.1) is 13.8 Å². The minimum Gasteiger partial charge on any atom is -0.460 e.